The van der Waals surface area contributed by atoms with Crippen LogP contribution in [0, 0.1) is 0 Å². The monoisotopic (exact) mass is 241 g/mol. The number of ether oxygens (including phenoxy) is 1. The van der Waals surface area contributed by atoms with Crippen molar-refractivity contribution in [3.8, 4) is 5.75 Å². The van der Waals surface area contributed by atoms with Crippen LogP contribution in [-0.2, 0) is 11.2 Å². The van der Waals surface area contributed by atoms with E-state index in [4.69, 9.17) is 4.74 Å². The van der Waals surface area contributed by atoms with E-state index in [1.807, 2.05) is 42.5 Å². The molecule has 2 aromatic rings. The predicted octanol–water partition coefficient (Wildman–Crippen LogP) is 2.62. The fraction of sp³-hybridized carbons (Fsp3) is 0.200. The first-order valence-electron chi connectivity index (χ1n) is 5.82. The zero-order valence-electron chi connectivity index (χ0n) is 10.2. The van der Waals surface area contributed by atoms with Crippen molar-refractivity contribution < 1.29 is 9.53 Å². The van der Waals surface area contributed by atoms with Crippen LogP contribution in [0.25, 0.3) is 0 Å². The third kappa shape index (κ3) is 2.94. The summed E-state index contributed by atoms with van der Waals surface area (Å²) in [6, 6.07) is 13.3. The third-order valence-electron chi connectivity index (χ3n) is 2.84. The summed E-state index contributed by atoms with van der Waals surface area (Å²) in [5, 5.41) is 0. The molecule has 0 radical (unpaired) electrons. The van der Waals surface area contributed by atoms with Gasteiger partial charge in [0.05, 0.1) is 7.11 Å². The highest BCUT2D eigenvalue weighted by Gasteiger charge is 2.12. The average Bonchev–Trinajstić information content (AvgIpc) is 2.46. The summed E-state index contributed by atoms with van der Waals surface area (Å²) < 4.78 is 5.17. The average molecular weight is 241 g/mol. The first kappa shape index (κ1) is 12.3. The molecule has 1 aromatic carbocycles. The normalized spacial score (nSPS) is 11.8. The Morgan fingerprint density at radius 3 is 2.83 bits per heavy atom. The van der Waals surface area contributed by atoms with Crippen molar-refractivity contribution in [2.24, 2.45) is 0 Å². The Morgan fingerprint density at radius 1 is 1.28 bits per heavy atom. The Kier molecular flexibility index (Phi) is 4.07. The van der Waals surface area contributed by atoms with Gasteiger partial charge >= 0.3 is 0 Å². The molecule has 0 aliphatic carbocycles. The fourth-order valence-electron chi connectivity index (χ4n) is 1.86. The minimum Gasteiger partial charge on any atom is -0.497 e. The van der Waals surface area contributed by atoms with Crippen LogP contribution in [0.1, 0.15) is 17.2 Å². The summed E-state index contributed by atoms with van der Waals surface area (Å²) in [7, 11) is 1.62. The molecule has 0 aliphatic heterocycles. The van der Waals surface area contributed by atoms with E-state index in [9.17, 15) is 4.79 Å². The van der Waals surface area contributed by atoms with Gasteiger partial charge in [-0.2, -0.15) is 0 Å². The van der Waals surface area contributed by atoms with Crippen LogP contribution in [-0.4, -0.2) is 18.4 Å². The van der Waals surface area contributed by atoms with Gasteiger partial charge in [-0.15, -0.1) is 0 Å². The van der Waals surface area contributed by atoms with Crippen molar-refractivity contribution >= 4 is 6.29 Å². The van der Waals surface area contributed by atoms with E-state index >= 15 is 0 Å². The van der Waals surface area contributed by atoms with Gasteiger partial charge in [-0.05, 0) is 29.8 Å². The fourth-order valence-corrected chi connectivity index (χ4v) is 1.86. The van der Waals surface area contributed by atoms with Gasteiger partial charge in [0, 0.05) is 24.2 Å². The van der Waals surface area contributed by atoms with Gasteiger partial charge in [0.1, 0.15) is 12.0 Å². The van der Waals surface area contributed by atoms with Gasteiger partial charge in [0.15, 0.2) is 0 Å². The Bertz CT molecular complexity index is 511. The second kappa shape index (κ2) is 5.96. The number of benzene rings is 1. The van der Waals surface area contributed by atoms with Crippen LogP contribution in [0.4, 0.5) is 0 Å². The molecule has 0 N–H and O–H groups in total. The Hall–Kier alpha value is -2.16. The lowest BCUT2D eigenvalue weighted by atomic mass is 9.95. The van der Waals surface area contributed by atoms with E-state index < -0.39 is 0 Å². The summed E-state index contributed by atoms with van der Waals surface area (Å²) >= 11 is 0. The van der Waals surface area contributed by atoms with Crippen LogP contribution in [0.3, 0.4) is 0 Å². The van der Waals surface area contributed by atoms with Crippen molar-refractivity contribution in [2.75, 3.05) is 7.11 Å². The molecule has 0 fully saturated rings. The highest BCUT2D eigenvalue weighted by atomic mass is 16.5. The van der Waals surface area contributed by atoms with Crippen LogP contribution < -0.4 is 4.74 Å². The number of pyridine rings is 1. The topological polar surface area (TPSA) is 39.2 Å². The maximum absolute atomic E-state index is 11.2. The molecule has 3 nitrogen and oxygen atoms in total. The summed E-state index contributed by atoms with van der Waals surface area (Å²) in [6.45, 7) is 0. The zero-order chi connectivity index (χ0) is 12.8. The van der Waals surface area contributed by atoms with Crippen molar-refractivity contribution in [1.82, 2.24) is 4.98 Å². The minimum atomic E-state index is -0.185. The number of rotatable bonds is 5. The largest absolute Gasteiger partial charge is 0.497 e. The molecule has 0 saturated heterocycles. The maximum atomic E-state index is 11.2. The highest BCUT2D eigenvalue weighted by molar-refractivity contribution is 5.63. The summed E-state index contributed by atoms with van der Waals surface area (Å²) in [5.74, 6) is 0.579. The van der Waals surface area contributed by atoms with E-state index in [-0.39, 0.29) is 5.92 Å². The second-order valence-electron chi connectivity index (χ2n) is 4.04. The van der Waals surface area contributed by atoms with Crippen LogP contribution in [0.2, 0.25) is 0 Å². The van der Waals surface area contributed by atoms with Gasteiger partial charge in [-0.3, -0.25) is 4.98 Å². The number of aldehydes is 1. The smallest absolute Gasteiger partial charge is 0.127 e. The summed E-state index contributed by atoms with van der Waals surface area (Å²) in [5.41, 5.74) is 1.87. The molecule has 1 heterocycles. The standard InChI is InChI=1S/C15H15NO2/c1-18-15-7-4-5-12(10-15)13(11-17)9-14-6-2-3-8-16-14/h2-8,10-11,13H,9H2,1H3. The zero-order valence-corrected chi connectivity index (χ0v) is 10.2. The molecular weight excluding hydrogens is 226 g/mol. The summed E-state index contributed by atoms with van der Waals surface area (Å²) in [6.07, 6.45) is 3.31. The number of carbonyl (C=O) groups is 1. The van der Waals surface area contributed by atoms with E-state index in [2.05, 4.69) is 4.98 Å². The number of hydrogen-bond acceptors (Lipinski definition) is 3. The molecule has 0 aliphatic rings. The molecule has 92 valence electrons. The Labute approximate surface area is 106 Å². The van der Waals surface area contributed by atoms with E-state index in [1.165, 1.54) is 0 Å². The molecule has 0 saturated carbocycles. The van der Waals surface area contributed by atoms with Gasteiger partial charge in [-0.25, -0.2) is 0 Å². The minimum absolute atomic E-state index is 0.185. The number of methoxy groups -OCH3 is 1. The van der Waals surface area contributed by atoms with E-state index in [0.717, 1.165) is 23.3 Å². The van der Waals surface area contributed by atoms with E-state index in [1.54, 1.807) is 13.3 Å². The molecule has 0 amide bonds. The lowest BCUT2D eigenvalue weighted by molar-refractivity contribution is -0.109. The molecule has 18 heavy (non-hydrogen) atoms. The van der Waals surface area contributed by atoms with Crippen molar-refractivity contribution in [2.45, 2.75) is 12.3 Å². The molecule has 1 unspecified atom stereocenters. The third-order valence-corrected chi connectivity index (χ3v) is 2.84. The molecule has 1 aromatic heterocycles. The molecule has 3 heteroatoms. The molecule has 1 atom stereocenters. The maximum Gasteiger partial charge on any atom is 0.127 e. The van der Waals surface area contributed by atoms with Gasteiger partial charge in [0.25, 0.3) is 0 Å². The van der Waals surface area contributed by atoms with Crippen molar-refractivity contribution in [3.05, 3.63) is 59.9 Å². The van der Waals surface area contributed by atoms with Crippen molar-refractivity contribution in [3.63, 3.8) is 0 Å². The first-order chi connectivity index (χ1) is 8.83. The lowest BCUT2D eigenvalue weighted by Gasteiger charge is -2.11. The summed E-state index contributed by atoms with van der Waals surface area (Å²) in [4.78, 5) is 15.5. The molecular formula is C15H15NO2. The quantitative estimate of drug-likeness (QED) is 0.755. The van der Waals surface area contributed by atoms with Crippen LogP contribution in [0.15, 0.2) is 48.7 Å². The van der Waals surface area contributed by atoms with Crippen LogP contribution >= 0.6 is 0 Å². The second-order valence-corrected chi connectivity index (χ2v) is 4.04. The Morgan fingerprint density at radius 2 is 2.17 bits per heavy atom. The molecule has 0 spiro atoms. The van der Waals surface area contributed by atoms with Crippen LogP contribution in [0.5, 0.6) is 5.75 Å². The number of carbonyl (C=O) groups excluding carboxylic acids is 1. The van der Waals surface area contributed by atoms with Gasteiger partial charge in [0.2, 0.25) is 0 Å². The highest BCUT2D eigenvalue weighted by Crippen LogP contribution is 2.22. The van der Waals surface area contributed by atoms with E-state index in [0.29, 0.717) is 6.42 Å². The predicted molar refractivity (Wildman–Crippen MR) is 69.7 cm³/mol. The SMILES string of the molecule is COc1cccc(C(C=O)Cc2ccccn2)c1. The van der Waals surface area contributed by atoms with Crippen molar-refractivity contribution in [1.29, 1.82) is 0 Å². The lowest BCUT2D eigenvalue weighted by Crippen LogP contribution is -2.05. The van der Waals surface area contributed by atoms with Gasteiger partial charge in [-0.1, -0.05) is 18.2 Å². The molecule has 0 bridgehead atoms. The Balaban J connectivity index is 2.20. The number of hydrogen-bond donors (Lipinski definition) is 0. The number of aromatic nitrogens is 1. The first-order valence-corrected chi connectivity index (χ1v) is 5.82. The van der Waals surface area contributed by atoms with Gasteiger partial charge < -0.3 is 9.53 Å². The molecule has 2 rings (SSSR count). The number of nitrogens with zero attached hydrogens (tertiary/aromatic N) is 1.